The first-order valence-electron chi connectivity index (χ1n) is 6.74. The number of hydrogen-bond donors (Lipinski definition) is 0. The van der Waals surface area contributed by atoms with Crippen LogP contribution < -0.4 is 0 Å². The molecule has 0 heterocycles. The van der Waals surface area contributed by atoms with E-state index in [1.54, 1.807) is 6.08 Å². The number of rotatable bonds is 7. The van der Waals surface area contributed by atoms with E-state index < -0.39 is 0 Å². The average molecular weight is 266 g/mol. The zero-order chi connectivity index (χ0) is 14.0. The third-order valence-electron chi connectivity index (χ3n) is 2.87. The number of carbonyl (C=O) groups excluding carboxylic acids is 1. The van der Waals surface area contributed by atoms with Crippen LogP contribution in [0.3, 0.4) is 0 Å². The third-order valence-corrected chi connectivity index (χ3v) is 2.87. The number of ether oxygens (including phenoxy) is 1. The van der Waals surface area contributed by atoms with E-state index in [4.69, 9.17) is 4.74 Å². The molecule has 0 unspecified atom stereocenters. The molecule has 0 radical (unpaired) electrons. The molecule has 2 heteroatoms. The predicted octanol–water partition coefficient (Wildman–Crippen LogP) is 4.03. The summed E-state index contributed by atoms with van der Waals surface area (Å²) in [5.41, 5.74) is 1.88. The number of ketones is 1. The van der Waals surface area contributed by atoms with Crippen LogP contribution in [0.2, 0.25) is 0 Å². The quantitative estimate of drug-likeness (QED) is 0.429. The summed E-state index contributed by atoms with van der Waals surface area (Å²) in [5.74, 6) is 0.0358. The van der Waals surface area contributed by atoms with Gasteiger partial charge in [-0.2, -0.15) is 0 Å². The van der Waals surface area contributed by atoms with Gasteiger partial charge in [0.25, 0.3) is 0 Å². The maximum Gasteiger partial charge on any atom is 0.185 e. The summed E-state index contributed by atoms with van der Waals surface area (Å²) in [6, 6.07) is 19.3. The highest BCUT2D eigenvalue weighted by molar-refractivity contribution is 6.04. The number of allylic oxidation sites excluding steroid dienone is 1. The Morgan fingerprint density at radius 3 is 2.30 bits per heavy atom. The molecule has 0 aliphatic rings. The Hall–Kier alpha value is -2.19. The molecule has 0 aliphatic heterocycles. The zero-order valence-electron chi connectivity index (χ0n) is 11.4. The molecule has 102 valence electrons. The standard InChI is InChI=1S/C18H18O2/c19-18(17-11-5-2-6-12-17)13-7-8-14-20-15-16-9-3-1-4-10-16/h1-7,9-13H,8,14-15H2/b13-7+. The summed E-state index contributed by atoms with van der Waals surface area (Å²) in [6.07, 6.45) is 4.22. The highest BCUT2D eigenvalue weighted by atomic mass is 16.5. The van der Waals surface area contributed by atoms with Gasteiger partial charge < -0.3 is 4.74 Å². The second-order valence-electron chi connectivity index (χ2n) is 4.46. The molecule has 0 amide bonds. The van der Waals surface area contributed by atoms with Crippen molar-refractivity contribution in [1.82, 2.24) is 0 Å². The topological polar surface area (TPSA) is 26.3 Å². The first-order valence-corrected chi connectivity index (χ1v) is 6.74. The van der Waals surface area contributed by atoms with Gasteiger partial charge in [-0.1, -0.05) is 66.7 Å². The molecule has 2 aromatic rings. The highest BCUT2D eigenvalue weighted by Gasteiger charge is 1.98. The van der Waals surface area contributed by atoms with Crippen LogP contribution in [0.1, 0.15) is 22.3 Å². The van der Waals surface area contributed by atoms with E-state index in [1.807, 2.05) is 66.7 Å². The van der Waals surface area contributed by atoms with Crippen molar-refractivity contribution < 1.29 is 9.53 Å². The van der Waals surface area contributed by atoms with Crippen LogP contribution in [0.5, 0.6) is 0 Å². The van der Waals surface area contributed by atoms with Crippen molar-refractivity contribution in [2.45, 2.75) is 13.0 Å². The third kappa shape index (κ3) is 4.82. The fourth-order valence-electron chi connectivity index (χ4n) is 1.80. The predicted molar refractivity (Wildman–Crippen MR) is 80.6 cm³/mol. The van der Waals surface area contributed by atoms with E-state index in [2.05, 4.69) is 0 Å². The first-order chi connectivity index (χ1) is 9.86. The van der Waals surface area contributed by atoms with Crippen LogP contribution in [-0.2, 0) is 11.3 Å². The van der Waals surface area contributed by atoms with Crippen molar-refractivity contribution in [3.8, 4) is 0 Å². The van der Waals surface area contributed by atoms with Gasteiger partial charge in [-0.15, -0.1) is 0 Å². The van der Waals surface area contributed by atoms with E-state index in [1.165, 1.54) is 0 Å². The molecule has 0 spiro atoms. The van der Waals surface area contributed by atoms with Crippen molar-refractivity contribution in [2.24, 2.45) is 0 Å². The second kappa shape index (κ2) is 8.08. The number of hydrogen-bond acceptors (Lipinski definition) is 2. The van der Waals surface area contributed by atoms with Crippen LogP contribution in [0.4, 0.5) is 0 Å². The maximum absolute atomic E-state index is 11.8. The Balaban J connectivity index is 1.66. The Morgan fingerprint density at radius 1 is 0.950 bits per heavy atom. The molecule has 2 aromatic carbocycles. The van der Waals surface area contributed by atoms with Crippen LogP contribution in [0.15, 0.2) is 72.8 Å². The van der Waals surface area contributed by atoms with Gasteiger partial charge in [0.2, 0.25) is 0 Å². The number of carbonyl (C=O) groups is 1. The minimum Gasteiger partial charge on any atom is -0.376 e. The van der Waals surface area contributed by atoms with Crippen molar-refractivity contribution >= 4 is 5.78 Å². The molecule has 0 atom stereocenters. The molecule has 0 saturated heterocycles. The smallest absolute Gasteiger partial charge is 0.185 e. The summed E-state index contributed by atoms with van der Waals surface area (Å²) in [6.45, 7) is 1.23. The van der Waals surface area contributed by atoms with E-state index in [0.717, 1.165) is 12.0 Å². The van der Waals surface area contributed by atoms with Gasteiger partial charge in [0.15, 0.2) is 5.78 Å². The molecule has 0 aliphatic carbocycles. The lowest BCUT2D eigenvalue weighted by molar-refractivity contribution is 0.104. The van der Waals surface area contributed by atoms with E-state index in [-0.39, 0.29) is 5.78 Å². The number of benzene rings is 2. The van der Waals surface area contributed by atoms with Crippen molar-refractivity contribution in [2.75, 3.05) is 6.61 Å². The van der Waals surface area contributed by atoms with E-state index >= 15 is 0 Å². The van der Waals surface area contributed by atoms with Crippen molar-refractivity contribution in [1.29, 1.82) is 0 Å². The Labute approximate surface area is 119 Å². The second-order valence-corrected chi connectivity index (χ2v) is 4.46. The summed E-state index contributed by atoms with van der Waals surface area (Å²) >= 11 is 0. The molecule has 0 N–H and O–H groups in total. The summed E-state index contributed by atoms with van der Waals surface area (Å²) in [5, 5.41) is 0. The summed E-state index contributed by atoms with van der Waals surface area (Å²) in [4.78, 5) is 11.8. The van der Waals surface area contributed by atoms with Crippen LogP contribution in [-0.4, -0.2) is 12.4 Å². The minimum absolute atomic E-state index is 0.0358. The maximum atomic E-state index is 11.8. The fraction of sp³-hybridized carbons (Fsp3) is 0.167. The minimum atomic E-state index is 0.0358. The fourth-order valence-corrected chi connectivity index (χ4v) is 1.80. The van der Waals surface area contributed by atoms with Crippen LogP contribution in [0, 0.1) is 0 Å². The van der Waals surface area contributed by atoms with E-state index in [0.29, 0.717) is 18.8 Å². The Kier molecular flexibility index (Phi) is 5.74. The SMILES string of the molecule is O=C(/C=C/CCOCc1ccccc1)c1ccccc1. The lowest BCUT2D eigenvalue weighted by Gasteiger charge is -2.01. The van der Waals surface area contributed by atoms with Gasteiger partial charge >= 0.3 is 0 Å². The Morgan fingerprint density at radius 2 is 1.60 bits per heavy atom. The monoisotopic (exact) mass is 266 g/mol. The molecule has 0 saturated carbocycles. The zero-order valence-corrected chi connectivity index (χ0v) is 11.4. The average Bonchev–Trinajstić information content (AvgIpc) is 2.52. The summed E-state index contributed by atoms with van der Waals surface area (Å²) in [7, 11) is 0. The van der Waals surface area contributed by atoms with Crippen LogP contribution >= 0.6 is 0 Å². The summed E-state index contributed by atoms with van der Waals surface area (Å²) < 4.78 is 5.54. The molecule has 2 nitrogen and oxygen atoms in total. The molecule has 0 aromatic heterocycles. The molecule has 0 bridgehead atoms. The van der Waals surface area contributed by atoms with Crippen molar-refractivity contribution in [3.63, 3.8) is 0 Å². The van der Waals surface area contributed by atoms with Gasteiger partial charge in [0.1, 0.15) is 0 Å². The van der Waals surface area contributed by atoms with Crippen molar-refractivity contribution in [3.05, 3.63) is 83.9 Å². The van der Waals surface area contributed by atoms with Gasteiger partial charge in [0, 0.05) is 5.56 Å². The van der Waals surface area contributed by atoms with Gasteiger partial charge in [-0.25, -0.2) is 0 Å². The van der Waals surface area contributed by atoms with Crippen LogP contribution in [0.25, 0.3) is 0 Å². The molecule has 20 heavy (non-hydrogen) atoms. The lowest BCUT2D eigenvalue weighted by atomic mass is 10.1. The van der Waals surface area contributed by atoms with Gasteiger partial charge in [-0.3, -0.25) is 4.79 Å². The highest BCUT2D eigenvalue weighted by Crippen LogP contribution is 2.03. The Bertz CT molecular complexity index is 544. The van der Waals surface area contributed by atoms with Gasteiger partial charge in [0.05, 0.1) is 13.2 Å². The first kappa shape index (κ1) is 14.2. The normalized spacial score (nSPS) is 10.8. The molecule has 2 rings (SSSR count). The van der Waals surface area contributed by atoms with Gasteiger partial charge in [-0.05, 0) is 18.1 Å². The van der Waals surface area contributed by atoms with E-state index in [9.17, 15) is 4.79 Å². The lowest BCUT2D eigenvalue weighted by Crippen LogP contribution is -1.96. The molecule has 0 fully saturated rings. The largest absolute Gasteiger partial charge is 0.376 e. The molecular formula is C18H18O2. The molecular weight excluding hydrogens is 248 g/mol.